The Balaban J connectivity index is 2.10. The topological polar surface area (TPSA) is 93.9 Å². The minimum atomic E-state index is -0.691. The van der Waals surface area contributed by atoms with Gasteiger partial charge in [-0.25, -0.2) is 4.79 Å². The molecule has 9 heteroatoms. The van der Waals surface area contributed by atoms with Gasteiger partial charge in [0, 0.05) is 30.6 Å². The molecule has 0 bridgehead atoms. The second-order valence-electron chi connectivity index (χ2n) is 7.04. The van der Waals surface area contributed by atoms with Crippen LogP contribution >= 0.6 is 12.2 Å². The molecule has 0 fully saturated rings. The summed E-state index contributed by atoms with van der Waals surface area (Å²) in [6.45, 7) is 4.09. The highest BCUT2D eigenvalue weighted by molar-refractivity contribution is 7.80. The Morgan fingerprint density at radius 1 is 1.19 bits per heavy atom. The fraction of sp³-hybridized carbons (Fsp3) is 0.273. The van der Waals surface area contributed by atoms with Crippen LogP contribution in [0.15, 0.2) is 59.8 Å². The number of rotatable bonds is 7. The number of nitro benzene ring substituents is 1. The maximum absolute atomic E-state index is 13.1. The third-order valence-electron chi connectivity index (χ3n) is 4.90. The van der Waals surface area contributed by atoms with E-state index in [1.165, 1.54) is 19.2 Å². The summed E-state index contributed by atoms with van der Waals surface area (Å²) in [4.78, 5) is 25.6. The molecule has 0 saturated carbocycles. The number of thiocarbonyl (C=S) groups is 1. The zero-order valence-electron chi connectivity index (χ0n) is 17.5. The van der Waals surface area contributed by atoms with Crippen molar-refractivity contribution in [2.24, 2.45) is 0 Å². The quantitative estimate of drug-likeness (QED) is 0.228. The normalized spacial score (nSPS) is 16.2. The average Bonchev–Trinajstić information content (AvgIpc) is 2.73. The van der Waals surface area contributed by atoms with Gasteiger partial charge in [0.05, 0.1) is 23.1 Å². The summed E-state index contributed by atoms with van der Waals surface area (Å²) in [5, 5.41) is 14.8. The Kier molecular flexibility index (Phi) is 6.98. The fourth-order valence-corrected chi connectivity index (χ4v) is 3.81. The van der Waals surface area contributed by atoms with E-state index in [9.17, 15) is 14.9 Å². The molecular formula is C22H23N3O5S. The van der Waals surface area contributed by atoms with Gasteiger partial charge in [0.15, 0.2) is 5.11 Å². The van der Waals surface area contributed by atoms with E-state index in [-0.39, 0.29) is 18.9 Å². The summed E-state index contributed by atoms with van der Waals surface area (Å²) >= 11 is 5.61. The number of nitrogens with one attached hydrogen (secondary N) is 1. The van der Waals surface area contributed by atoms with Crippen LogP contribution < -0.4 is 10.2 Å². The van der Waals surface area contributed by atoms with Crippen molar-refractivity contribution in [3.63, 3.8) is 0 Å². The second-order valence-corrected chi connectivity index (χ2v) is 7.42. The number of carbonyl (C=O) groups excluding carboxylic acids is 1. The Morgan fingerprint density at radius 2 is 1.94 bits per heavy atom. The molecule has 1 aliphatic rings. The number of hydrogen-bond acceptors (Lipinski definition) is 6. The number of carbonyl (C=O) groups is 1. The highest BCUT2D eigenvalue weighted by atomic mass is 32.1. The van der Waals surface area contributed by atoms with Crippen LogP contribution in [0.2, 0.25) is 0 Å². The van der Waals surface area contributed by atoms with Gasteiger partial charge in [-0.05, 0) is 49.3 Å². The molecule has 0 amide bonds. The van der Waals surface area contributed by atoms with Crippen molar-refractivity contribution in [2.75, 3.05) is 25.2 Å². The van der Waals surface area contributed by atoms with Crippen molar-refractivity contribution in [1.82, 2.24) is 5.32 Å². The molecule has 1 heterocycles. The molecule has 1 unspecified atom stereocenters. The van der Waals surface area contributed by atoms with E-state index >= 15 is 0 Å². The van der Waals surface area contributed by atoms with Crippen molar-refractivity contribution in [1.29, 1.82) is 0 Å². The Bertz CT molecular complexity index is 1050. The molecule has 3 rings (SSSR count). The number of ether oxygens (including phenoxy) is 2. The zero-order valence-corrected chi connectivity index (χ0v) is 18.3. The first-order valence-corrected chi connectivity index (χ1v) is 10.0. The van der Waals surface area contributed by atoms with E-state index in [1.807, 2.05) is 31.2 Å². The van der Waals surface area contributed by atoms with Crippen molar-refractivity contribution in [3.05, 3.63) is 81.0 Å². The van der Waals surface area contributed by atoms with Gasteiger partial charge in [-0.1, -0.05) is 24.3 Å². The lowest BCUT2D eigenvalue weighted by atomic mass is 9.94. The van der Waals surface area contributed by atoms with Gasteiger partial charge in [0.1, 0.15) is 6.61 Å². The van der Waals surface area contributed by atoms with E-state index in [1.54, 1.807) is 24.0 Å². The SMILES string of the molecule is COCCOC(=O)C1=C(C)N(c2cccc(C)c2)C(=S)NC1c1cccc([N+](=O)[O-])c1. The monoisotopic (exact) mass is 441 g/mol. The third-order valence-corrected chi connectivity index (χ3v) is 5.20. The smallest absolute Gasteiger partial charge is 0.338 e. The Hall–Kier alpha value is -3.30. The van der Waals surface area contributed by atoms with Crippen LogP contribution in [0.4, 0.5) is 11.4 Å². The summed E-state index contributed by atoms with van der Waals surface area (Å²) in [6.07, 6.45) is 0. The number of esters is 1. The number of nitrogens with zero attached hydrogens (tertiary/aromatic N) is 2. The van der Waals surface area contributed by atoms with E-state index < -0.39 is 16.9 Å². The molecule has 0 radical (unpaired) electrons. The number of nitro groups is 1. The maximum Gasteiger partial charge on any atom is 0.338 e. The van der Waals surface area contributed by atoms with E-state index in [4.69, 9.17) is 21.7 Å². The summed E-state index contributed by atoms with van der Waals surface area (Å²) in [7, 11) is 1.52. The van der Waals surface area contributed by atoms with Crippen LogP contribution in [0, 0.1) is 17.0 Å². The third kappa shape index (κ3) is 4.89. The highest BCUT2D eigenvalue weighted by Gasteiger charge is 2.36. The van der Waals surface area contributed by atoms with Crippen molar-refractivity contribution >= 4 is 34.7 Å². The Morgan fingerprint density at radius 3 is 2.61 bits per heavy atom. The summed E-state index contributed by atoms with van der Waals surface area (Å²) in [6, 6.07) is 13.2. The molecule has 0 aliphatic carbocycles. The lowest BCUT2D eigenvalue weighted by Crippen LogP contribution is -2.48. The van der Waals surface area contributed by atoms with Gasteiger partial charge < -0.3 is 14.8 Å². The van der Waals surface area contributed by atoms with Gasteiger partial charge in [0.25, 0.3) is 5.69 Å². The molecule has 0 spiro atoms. The predicted molar refractivity (Wildman–Crippen MR) is 121 cm³/mol. The number of hydrogen-bond donors (Lipinski definition) is 1. The van der Waals surface area contributed by atoms with E-state index in [2.05, 4.69) is 5.32 Å². The molecule has 0 saturated heterocycles. The Labute approximate surface area is 185 Å². The summed E-state index contributed by atoms with van der Waals surface area (Å²) in [5.41, 5.74) is 3.22. The standard InChI is InChI=1S/C22H23N3O5S/c1-14-6-4-8-17(12-14)24-15(2)19(21(26)30-11-10-29-3)20(23-22(24)31)16-7-5-9-18(13-16)25(27)28/h4-9,12-13,20H,10-11H2,1-3H3,(H,23,31). The van der Waals surface area contributed by atoms with E-state index in [0.717, 1.165) is 11.3 Å². The van der Waals surface area contributed by atoms with E-state index in [0.29, 0.717) is 21.9 Å². The number of benzene rings is 2. The number of allylic oxidation sites excluding steroid dienone is 1. The lowest BCUT2D eigenvalue weighted by molar-refractivity contribution is -0.384. The molecular weight excluding hydrogens is 418 g/mol. The molecule has 8 nitrogen and oxygen atoms in total. The molecule has 31 heavy (non-hydrogen) atoms. The molecule has 1 N–H and O–H groups in total. The highest BCUT2D eigenvalue weighted by Crippen LogP contribution is 2.35. The number of methoxy groups -OCH3 is 1. The van der Waals surface area contributed by atoms with Gasteiger partial charge in [-0.2, -0.15) is 0 Å². The van der Waals surface area contributed by atoms with Crippen LogP contribution in [0.1, 0.15) is 24.1 Å². The summed E-state index contributed by atoms with van der Waals surface area (Å²) < 4.78 is 10.4. The van der Waals surface area contributed by atoms with Crippen LogP contribution in [0.3, 0.4) is 0 Å². The molecule has 2 aromatic carbocycles. The minimum absolute atomic E-state index is 0.0731. The van der Waals surface area contributed by atoms with Gasteiger partial charge in [0.2, 0.25) is 0 Å². The molecule has 1 atom stereocenters. The number of anilines is 1. The van der Waals surface area contributed by atoms with Crippen molar-refractivity contribution in [3.8, 4) is 0 Å². The molecule has 162 valence electrons. The van der Waals surface area contributed by atoms with Gasteiger partial charge in [-0.15, -0.1) is 0 Å². The van der Waals surface area contributed by atoms with Crippen LogP contribution in [-0.4, -0.2) is 36.3 Å². The van der Waals surface area contributed by atoms with Crippen LogP contribution in [0.5, 0.6) is 0 Å². The van der Waals surface area contributed by atoms with Gasteiger partial charge >= 0.3 is 5.97 Å². The molecule has 0 aromatic heterocycles. The van der Waals surface area contributed by atoms with Gasteiger partial charge in [-0.3, -0.25) is 15.0 Å². The first kappa shape index (κ1) is 22.4. The first-order valence-electron chi connectivity index (χ1n) is 9.62. The maximum atomic E-state index is 13.1. The zero-order chi connectivity index (χ0) is 22.5. The predicted octanol–water partition coefficient (Wildman–Crippen LogP) is 3.80. The van der Waals surface area contributed by atoms with Crippen molar-refractivity contribution < 1.29 is 19.2 Å². The second kappa shape index (κ2) is 9.67. The van der Waals surface area contributed by atoms with Crippen LogP contribution in [0.25, 0.3) is 0 Å². The largest absolute Gasteiger partial charge is 0.460 e. The first-order chi connectivity index (χ1) is 14.8. The summed E-state index contributed by atoms with van der Waals surface area (Å²) in [5.74, 6) is -0.543. The van der Waals surface area contributed by atoms with Crippen LogP contribution in [-0.2, 0) is 14.3 Å². The minimum Gasteiger partial charge on any atom is -0.460 e. The average molecular weight is 442 g/mol. The number of non-ortho nitro benzene ring substituents is 1. The molecule has 2 aromatic rings. The fourth-order valence-electron chi connectivity index (χ4n) is 3.45. The molecule has 1 aliphatic heterocycles. The lowest BCUT2D eigenvalue weighted by Gasteiger charge is -2.37. The van der Waals surface area contributed by atoms with Crippen molar-refractivity contribution in [2.45, 2.75) is 19.9 Å². The number of aryl methyl sites for hydroxylation is 1.